The fraction of sp³-hybridized carbons (Fsp3) is 0.750. The molecule has 2 rings (SSSR count). The van der Waals surface area contributed by atoms with Crippen molar-refractivity contribution in [3.8, 4) is 0 Å². The van der Waals surface area contributed by atoms with Crippen LogP contribution < -0.4 is 15.1 Å². The molecule has 1 fully saturated rings. The van der Waals surface area contributed by atoms with Gasteiger partial charge in [0.05, 0.1) is 23.5 Å². The van der Waals surface area contributed by atoms with E-state index in [1.807, 2.05) is 0 Å². The molecule has 0 saturated carbocycles. The Labute approximate surface area is 112 Å². The molecule has 106 valence electrons. The summed E-state index contributed by atoms with van der Waals surface area (Å²) in [5.74, 6) is 0.278. The Morgan fingerprint density at radius 1 is 1.63 bits per heavy atom. The van der Waals surface area contributed by atoms with E-state index in [1.54, 1.807) is 17.9 Å². The Kier molecular flexibility index (Phi) is 3.92. The van der Waals surface area contributed by atoms with Gasteiger partial charge in [-0.2, -0.15) is 0 Å². The largest absolute Gasteiger partial charge is 0.450 e. The van der Waals surface area contributed by atoms with Gasteiger partial charge in [-0.15, -0.1) is 5.01 Å². The topological polar surface area (TPSA) is 71.5 Å². The zero-order valence-corrected chi connectivity index (χ0v) is 11.7. The van der Waals surface area contributed by atoms with Crippen molar-refractivity contribution in [2.75, 3.05) is 23.5 Å². The SMILES string of the molecule is CCOC(=O)Nc1c[n+](N2CCCCC2(C)C)no1. The zero-order chi connectivity index (χ0) is 13.9. The minimum atomic E-state index is -0.538. The summed E-state index contributed by atoms with van der Waals surface area (Å²) in [7, 11) is 0. The molecule has 1 aliphatic heterocycles. The lowest BCUT2D eigenvalue weighted by Crippen LogP contribution is -2.69. The van der Waals surface area contributed by atoms with Crippen molar-refractivity contribution >= 4 is 12.0 Å². The van der Waals surface area contributed by atoms with Gasteiger partial charge in [0, 0.05) is 0 Å². The summed E-state index contributed by atoms with van der Waals surface area (Å²) in [6.07, 6.45) is 4.57. The smallest absolute Gasteiger partial charge is 0.414 e. The summed E-state index contributed by atoms with van der Waals surface area (Å²) >= 11 is 0. The van der Waals surface area contributed by atoms with Crippen LogP contribution in [0, 0.1) is 0 Å². The lowest BCUT2D eigenvalue weighted by molar-refractivity contribution is -0.766. The predicted octanol–water partition coefficient (Wildman–Crippen LogP) is 1.43. The van der Waals surface area contributed by atoms with Crippen LogP contribution in [0.25, 0.3) is 0 Å². The molecule has 0 spiro atoms. The number of hydrogen-bond donors (Lipinski definition) is 1. The molecule has 1 amide bonds. The Morgan fingerprint density at radius 3 is 3.11 bits per heavy atom. The predicted molar refractivity (Wildman–Crippen MR) is 68.4 cm³/mol. The third-order valence-electron chi connectivity index (χ3n) is 3.31. The summed E-state index contributed by atoms with van der Waals surface area (Å²) < 4.78 is 9.87. The Hall–Kier alpha value is -1.79. The lowest BCUT2D eigenvalue weighted by Gasteiger charge is -2.35. The second-order valence-electron chi connectivity index (χ2n) is 5.22. The van der Waals surface area contributed by atoms with Crippen LogP contribution >= 0.6 is 0 Å². The van der Waals surface area contributed by atoms with Crippen molar-refractivity contribution in [3.05, 3.63) is 6.20 Å². The maximum Gasteiger partial charge on any atom is 0.414 e. The quantitative estimate of drug-likeness (QED) is 0.840. The van der Waals surface area contributed by atoms with Crippen molar-refractivity contribution in [1.82, 2.24) is 5.27 Å². The van der Waals surface area contributed by atoms with Crippen LogP contribution in [-0.2, 0) is 4.74 Å². The van der Waals surface area contributed by atoms with E-state index in [0.717, 1.165) is 19.4 Å². The second kappa shape index (κ2) is 5.46. The third kappa shape index (κ3) is 3.15. The summed E-state index contributed by atoms with van der Waals surface area (Å²) in [5.41, 5.74) is 0.0288. The average molecular weight is 269 g/mol. The minimum absolute atomic E-state index is 0.0288. The van der Waals surface area contributed by atoms with Crippen molar-refractivity contribution in [3.63, 3.8) is 0 Å². The first kappa shape index (κ1) is 13.6. The van der Waals surface area contributed by atoms with Gasteiger partial charge in [-0.3, -0.25) is 9.84 Å². The number of hydrogen-bond acceptors (Lipinski definition) is 5. The molecule has 0 aliphatic carbocycles. The first-order valence-corrected chi connectivity index (χ1v) is 6.63. The first-order valence-electron chi connectivity index (χ1n) is 6.63. The van der Waals surface area contributed by atoms with Gasteiger partial charge in [-0.1, -0.05) is 0 Å². The zero-order valence-electron chi connectivity index (χ0n) is 11.7. The normalized spacial score (nSPS) is 18.2. The third-order valence-corrected chi connectivity index (χ3v) is 3.31. The van der Waals surface area contributed by atoms with Crippen molar-refractivity contribution in [2.45, 2.75) is 45.6 Å². The van der Waals surface area contributed by atoms with Gasteiger partial charge in [-0.25, -0.2) is 4.79 Å². The van der Waals surface area contributed by atoms with E-state index in [9.17, 15) is 4.79 Å². The molecular weight excluding hydrogens is 248 g/mol. The van der Waals surface area contributed by atoms with E-state index in [-0.39, 0.29) is 11.4 Å². The number of aromatic nitrogens is 2. The first-order chi connectivity index (χ1) is 9.03. The molecule has 19 heavy (non-hydrogen) atoms. The van der Waals surface area contributed by atoms with Gasteiger partial charge in [0.1, 0.15) is 0 Å². The number of amides is 1. The Morgan fingerprint density at radius 2 is 2.42 bits per heavy atom. The van der Waals surface area contributed by atoms with Gasteiger partial charge in [0.25, 0.3) is 6.20 Å². The van der Waals surface area contributed by atoms with Crippen molar-refractivity contribution in [1.29, 1.82) is 0 Å². The molecular formula is C12H21N4O3+. The standard InChI is InChI=1S/C12H20N4O3/c1-4-18-11(17)13-10-9-16(14-19-10)15-8-6-5-7-12(15,2)3/h9H,4-8H2,1-3H3/p+1. The van der Waals surface area contributed by atoms with Gasteiger partial charge < -0.3 is 4.74 Å². The molecule has 1 aliphatic rings. The molecule has 1 aromatic heterocycles. The van der Waals surface area contributed by atoms with Gasteiger partial charge in [0.2, 0.25) is 5.27 Å². The number of ether oxygens (including phenoxy) is 1. The molecule has 1 aromatic rings. The maximum absolute atomic E-state index is 11.3. The lowest BCUT2D eigenvalue weighted by atomic mass is 9.92. The number of piperidine rings is 1. The fourth-order valence-electron chi connectivity index (χ4n) is 2.31. The fourth-order valence-corrected chi connectivity index (χ4v) is 2.31. The molecule has 0 aromatic carbocycles. The van der Waals surface area contributed by atoms with E-state index < -0.39 is 6.09 Å². The molecule has 0 unspecified atom stereocenters. The van der Waals surface area contributed by atoms with Gasteiger partial charge in [-0.05, 0) is 40.0 Å². The molecule has 7 heteroatoms. The van der Waals surface area contributed by atoms with Crippen LogP contribution in [0.1, 0.15) is 40.0 Å². The Bertz CT molecular complexity index is 444. The van der Waals surface area contributed by atoms with Crippen LogP contribution in [0.4, 0.5) is 10.7 Å². The monoisotopic (exact) mass is 269 g/mol. The van der Waals surface area contributed by atoms with Crippen LogP contribution in [0.15, 0.2) is 10.7 Å². The number of nitrogens with one attached hydrogen (secondary N) is 1. The highest BCUT2D eigenvalue weighted by Gasteiger charge is 2.38. The van der Waals surface area contributed by atoms with E-state index in [0.29, 0.717) is 6.61 Å². The maximum atomic E-state index is 11.3. The van der Waals surface area contributed by atoms with Gasteiger partial charge >= 0.3 is 12.0 Å². The highest BCUT2D eigenvalue weighted by atomic mass is 16.6. The van der Waals surface area contributed by atoms with E-state index in [2.05, 4.69) is 29.4 Å². The molecule has 2 heterocycles. The number of carbonyl (C=O) groups is 1. The van der Waals surface area contributed by atoms with Crippen LogP contribution in [-0.4, -0.2) is 30.1 Å². The van der Waals surface area contributed by atoms with Crippen LogP contribution in [0.3, 0.4) is 0 Å². The summed E-state index contributed by atoms with van der Waals surface area (Å²) in [6, 6.07) is 0. The molecule has 1 N–H and O–H groups in total. The highest BCUT2D eigenvalue weighted by molar-refractivity contribution is 5.82. The summed E-state index contributed by atoms with van der Waals surface area (Å²) in [6.45, 7) is 7.33. The summed E-state index contributed by atoms with van der Waals surface area (Å²) in [5, 5.41) is 8.57. The van der Waals surface area contributed by atoms with E-state index in [1.165, 1.54) is 6.42 Å². The number of carbonyl (C=O) groups excluding carboxylic acids is 1. The van der Waals surface area contributed by atoms with E-state index >= 15 is 0 Å². The van der Waals surface area contributed by atoms with Crippen LogP contribution in [0.5, 0.6) is 0 Å². The molecule has 0 bridgehead atoms. The van der Waals surface area contributed by atoms with Gasteiger partial charge in [0.15, 0.2) is 0 Å². The molecule has 7 nitrogen and oxygen atoms in total. The molecule has 1 saturated heterocycles. The second-order valence-corrected chi connectivity index (χ2v) is 5.22. The number of rotatable bonds is 3. The molecule has 0 atom stereocenters. The van der Waals surface area contributed by atoms with Crippen molar-refractivity contribution < 1.29 is 18.8 Å². The minimum Gasteiger partial charge on any atom is -0.450 e. The molecule has 0 radical (unpaired) electrons. The van der Waals surface area contributed by atoms with E-state index in [4.69, 9.17) is 9.26 Å². The number of nitrogens with zero attached hydrogens (tertiary/aromatic N) is 3. The Balaban J connectivity index is 2.05. The average Bonchev–Trinajstić information content (AvgIpc) is 2.76. The summed E-state index contributed by atoms with van der Waals surface area (Å²) in [4.78, 5) is 12.9. The van der Waals surface area contributed by atoms with Crippen LogP contribution in [0.2, 0.25) is 0 Å². The highest BCUT2D eigenvalue weighted by Crippen LogP contribution is 2.23. The number of anilines is 1. The van der Waals surface area contributed by atoms with Crippen molar-refractivity contribution in [2.24, 2.45) is 0 Å².